The van der Waals surface area contributed by atoms with E-state index in [2.05, 4.69) is 151 Å². The summed E-state index contributed by atoms with van der Waals surface area (Å²) in [6.45, 7) is 7.34. The van der Waals surface area contributed by atoms with Crippen molar-refractivity contribution < 1.29 is 14.2 Å². The molecule has 5 aromatic rings. The lowest BCUT2D eigenvalue weighted by atomic mass is 9.91. The second-order valence-electron chi connectivity index (χ2n) is 13.2. The van der Waals surface area contributed by atoms with Gasteiger partial charge >= 0.3 is 0 Å². The molecule has 0 fully saturated rings. The normalized spacial score (nSPS) is 17.7. The Morgan fingerprint density at radius 2 is 1.35 bits per heavy atom. The minimum Gasteiger partial charge on any atom is -0.489 e. The van der Waals surface area contributed by atoms with Gasteiger partial charge in [-0.05, 0) is 103 Å². The topological polar surface area (TPSA) is 34.2 Å². The molecule has 0 spiro atoms. The molecule has 2 aliphatic rings. The number of ether oxygens (including phenoxy) is 3. The van der Waals surface area contributed by atoms with Gasteiger partial charge in [0.05, 0.1) is 6.04 Å². The number of allylic oxidation sites excluding steroid dienone is 1. The SMILES string of the molecule is CC1c2cc(OCc3ccccc3)ccc2N(Cc2ccc(OC(C)N3C=CCCCC3)cc2)C1c1cccc(OCc2ccccc2)c1. The molecule has 0 saturated carbocycles. The maximum absolute atomic E-state index is 6.37. The summed E-state index contributed by atoms with van der Waals surface area (Å²) in [5.41, 5.74) is 7.32. The molecule has 0 amide bonds. The predicted octanol–water partition coefficient (Wildman–Crippen LogP) is 10.4. The molecule has 2 aliphatic heterocycles. The average molecular weight is 651 g/mol. The monoisotopic (exact) mass is 650 g/mol. The van der Waals surface area contributed by atoms with Crippen LogP contribution in [0.3, 0.4) is 0 Å². The Hall–Kier alpha value is -5.16. The fourth-order valence-corrected chi connectivity index (χ4v) is 7.04. The summed E-state index contributed by atoms with van der Waals surface area (Å²) >= 11 is 0. The van der Waals surface area contributed by atoms with Crippen LogP contribution in [0.15, 0.2) is 140 Å². The molecular weight excluding hydrogens is 604 g/mol. The Balaban J connectivity index is 1.12. The molecule has 5 nitrogen and oxygen atoms in total. The minimum absolute atomic E-state index is 0.00872. The Morgan fingerprint density at radius 1 is 0.673 bits per heavy atom. The molecule has 49 heavy (non-hydrogen) atoms. The van der Waals surface area contributed by atoms with Crippen molar-refractivity contribution >= 4 is 5.69 Å². The van der Waals surface area contributed by atoms with Crippen LogP contribution in [0, 0.1) is 0 Å². The zero-order valence-electron chi connectivity index (χ0n) is 28.6. The van der Waals surface area contributed by atoms with Crippen molar-refractivity contribution in [3.8, 4) is 17.2 Å². The van der Waals surface area contributed by atoms with Gasteiger partial charge in [0.2, 0.25) is 0 Å². The lowest BCUT2D eigenvalue weighted by Gasteiger charge is -2.31. The number of anilines is 1. The molecule has 0 N–H and O–H groups in total. The zero-order chi connectivity index (χ0) is 33.4. The summed E-state index contributed by atoms with van der Waals surface area (Å²) in [5, 5.41) is 0. The third-order valence-electron chi connectivity index (χ3n) is 9.69. The molecule has 5 aromatic carbocycles. The number of fused-ring (bicyclic) bond motifs is 1. The fraction of sp³-hybridized carbons (Fsp3) is 0.273. The number of benzene rings is 5. The first kappa shape index (κ1) is 32.4. The van der Waals surface area contributed by atoms with E-state index in [9.17, 15) is 0 Å². The van der Waals surface area contributed by atoms with Crippen LogP contribution < -0.4 is 19.1 Å². The van der Waals surface area contributed by atoms with Crippen molar-refractivity contribution in [2.75, 3.05) is 11.4 Å². The van der Waals surface area contributed by atoms with Gasteiger partial charge in [-0.1, -0.05) is 97.9 Å². The molecule has 0 aromatic heterocycles. The van der Waals surface area contributed by atoms with Gasteiger partial charge in [-0.15, -0.1) is 0 Å². The standard InChI is InChI=1S/C44H46N2O3/c1-33-42-29-41(48-32-37-16-9-6-10-17-37)24-25-43(42)46(44(33)38-18-13-19-40(28-38)47-31-36-14-7-5-8-15-36)30-35-20-22-39(23-21-35)49-34(2)45-26-11-3-4-12-27-45/h5-11,13-26,28-29,33-34,44H,3-4,12,27,30-32H2,1-2H3. The van der Waals surface area contributed by atoms with Crippen molar-refractivity contribution in [1.82, 2.24) is 4.90 Å². The Kier molecular flexibility index (Phi) is 10.2. The van der Waals surface area contributed by atoms with Gasteiger partial charge in [-0.2, -0.15) is 0 Å². The highest BCUT2D eigenvalue weighted by Gasteiger charge is 2.37. The highest BCUT2D eigenvalue weighted by atomic mass is 16.5. The van der Waals surface area contributed by atoms with E-state index in [1.54, 1.807) is 0 Å². The van der Waals surface area contributed by atoms with Crippen molar-refractivity contribution in [3.05, 3.63) is 167 Å². The number of nitrogens with zero attached hydrogens (tertiary/aromatic N) is 2. The van der Waals surface area contributed by atoms with Gasteiger partial charge in [0.1, 0.15) is 30.5 Å². The molecule has 7 rings (SSSR count). The molecule has 0 saturated heterocycles. The Labute approximate surface area is 291 Å². The third-order valence-corrected chi connectivity index (χ3v) is 9.69. The van der Waals surface area contributed by atoms with Crippen LogP contribution in [0.4, 0.5) is 5.69 Å². The lowest BCUT2D eigenvalue weighted by Crippen LogP contribution is -2.33. The number of rotatable bonds is 12. The molecule has 0 bridgehead atoms. The zero-order valence-corrected chi connectivity index (χ0v) is 28.6. The smallest absolute Gasteiger partial charge is 0.169 e. The van der Waals surface area contributed by atoms with Gasteiger partial charge in [0.25, 0.3) is 0 Å². The molecule has 0 aliphatic carbocycles. The van der Waals surface area contributed by atoms with Gasteiger partial charge in [-0.25, -0.2) is 0 Å². The first-order chi connectivity index (χ1) is 24.1. The van der Waals surface area contributed by atoms with E-state index in [1.165, 1.54) is 35.2 Å². The van der Waals surface area contributed by atoms with Gasteiger partial charge in [-0.3, -0.25) is 0 Å². The van der Waals surface area contributed by atoms with E-state index >= 15 is 0 Å². The van der Waals surface area contributed by atoms with E-state index in [0.29, 0.717) is 13.2 Å². The van der Waals surface area contributed by atoms with Gasteiger partial charge in [0.15, 0.2) is 6.23 Å². The lowest BCUT2D eigenvalue weighted by molar-refractivity contribution is 0.0778. The van der Waals surface area contributed by atoms with E-state index in [-0.39, 0.29) is 18.2 Å². The molecule has 2 heterocycles. The predicted molar refractivity (Wildman–Crippen MR) is 198 cm³/mol. The molecule has 0 radical (unpaired) electrons. The van der Waals surface area contributed by atoms with E-state index in [4.69, 9.17) is 14.2 Å². The number of hydrogen-bond acceptors (Lipinski definition) is 5. The van der Waals surface area contributed by atoms with Crippen LogP contribution in [0.2, 0.25) is 0 Å². The molecular formula is C44H46N2O3. The van der Waals surface area contributed by atoms with Gasteiger partial charge < -0.3 is 24.0 Å². The summed E-state index contributed by atoms with van der Waals surface area (Å²) in [5.74, 6) is 2.91. The summed E-state index contributed by atoms with van der Waals surface area (Å²) in [6.07, 6.45) is 8.01. The van der Waals surface area contributed by atoms with Crippen molar-refractivity contribution in [2.24, 2.45) is 0 Å². The van der Waals surface area contributed by atoms with Crippen LogP contribution >= 0.6 is 0 Å². The van der Waals surface area contributed by atoms with Gasteiger partial charge in [0, 0.05) is 24.7 Å². The summed E-state index contributed by atoms with van der Waals surface area (Å²) in [6, 6.07) is 44.6. The Morgan fingerprint density at radius 3 is 2.06 bits per heavy atom. The van der Waals surface area contributed by atoms with Crippen molar-refractivity contribution in [1.29, 1.82) is 0 Å². The van der Waals surface area contributed by atoms with Crippen LogP contribution in [-0.4, -0.2) is 17.7 Å². The molecule has 3 unspecified atom stereocenters. The maximum Gasteiger partial charge on any atom is 0.169 e. The first-order valence-corrected chi connectivity index (χ1v) is 17.6. The van der Waals surface area contributed by atoms with Crippen LogP contribution in [0.1, 0.15) is 72.9 Å². The molecule has 3 atom stereocenters. The number of hydrogen-bond donors (Lipinski definition) is 0. The largest absolute Gasteiger partial charge is 0.489 e. The fourth-order valence-electron chi connectivity index (χ4n) is 7.04. The van der Waals surface area contributed by atoms with Crippen molar-refractivity contribution in [2.45, 2.75) is 71.1 Å². The van der Waals surface area contributed by atoms with E-state index < -0.39 is 0 Å². The summed E-state index contributed by atoms with van der Waals surface area (Å²) < 4.78 is 18.9. The minimum atomic E-state index is -0.00872. The van der Waals surface area contributed by atoms with Crippen LogP contribution in [0.5, 0.6) is 17.2 Å². The second-order valence-corrected chi connectivity index (χ2v) is 13.2. The van der Waals surface area contributed by atoms with Crippen LogP contribution in [-0.2, 0) is 19.8 Å². The average Bonchev–Trinajstić information content (AvgIpc) is 3.28. The maximum atomic E-state index is 6.37. The third kappa shape index (κ3) is 7.94. The second kappa shape index (κ2) is 15.4. The van der Waals surface area contributed by atoms with E-state index in [0.717, 1.165) is 47.9 Å². The van der Waals surface area contributed by atoms with Crippen molar-refractivity contribution in [3.63, 3.8) is 0 Å². The molecule has 250 valence electrons. The summed E-state index contributed by atoms with van der Waals surface area (Å²) in [7, 11) is 0. The highest BCUT2D eigenvalue weighted by molar-refractivity contribution is 5.65. The molecule has 5 heteroatoms. The quantitative estimate of drug-likeness (QED) is 0.134. The van der Waals surface area contributed by atoms with Crippen LogP contribution in [0.25, 0.3) is 0 Å². The first-order valence-electron chi connectivity index (χ1n) is 17.6. The highest BCUT2D eigenvalue weighted by Crippen LogP contribution is 2.51. The summed E-state index contributed by atoms with van der Waals surface area (Å²) in [4.78, 5) is 4.83. The Bertz CT molecular complexity index is 1820. The van der Waals surface area contributed by atoms with E-state index in [1.807, 2.05) is 12.1 Å².